The number of hydrogen-bond donors (Lipinski definition) is 4. The second-order valence-corrected chi connectivity index (χ2v) is 13.7. The molecular formula is C32H49Br2ClN4O9. The van der Waals surface area contributed by atoms with Crippen molar-refractivity contribution < 1.29 is 43.4 Å². The number of rotatable bonds is 10. The van der Waals surface area contributed by atoms with Crippen LogP contribution in [0.25, 0.3) is 0 Å². The van der Waals surface area contributed by atoms with Gasteiger partial charge < -0.3 is 30.1 Å². The molecule has 0 heterocycles. The number of nitrogens with one attached hydrogen (secondary N) is 3. The van der Waals surface area contributed by atoms with Gasteiger partial charge in [0.1, 0.15) is 23.3 Å². The van der Waals surface area contributed by atoms with Gasteiger partial charge in [0.15, 0.2) is 0 Å². The van der Waals surface area contributed by atoms with Crippen molar-refractivity contribution in [1.29, 1.82) is 0 Å². The van der Waals surface area contributed by atoms with Crippen LogP contribution in [-0.2, 0) is 41.6 Å². The first-order valence-electron chi connectivity index (χ1n) is 14.4. The fourth-order valence-electron chi connectivity index (χ4n) is 3.32. The predicted octanol–water partition coefficient (Wildman–Crippen LogP) is 6.06. The Labute approximate surface area is 306 Å². The number of carbonyl (C=O) groups excluding carboxylic acids is 3. The number of alkyl carbamates (subject to hydrolysis) is 2. The molecule has 48 heavy (non-hydrogen) atoms. The highest BCUT2D eigenvalue weighted by Gasteiger charge is 2.27. The van der Waals surface area contributed by atoms with E-state index in [1.54, 1.807) is 67.8 Å². The summed E-state index contributed by atoms with van der Waals surface area (Å²) in [7, 11) is 6.16. The van der Waals surface area contributed by atoms with Gasteiger partial charge in [0.05, 0.1) is 14.2 Å². The second-order valence-electron chi connectivity index (χ2n) is 11.8. The zero-order chi connectivity index (χ0) is 36.4. The Bertz CT molecular complexity index is 1250. The minimum atomic E-state index is -1.10. The van der Waals surface area contributed by atoms with Crippen LogP contribution in [0.5, 0.6) is 0 Å². The molecular weight excluding hydrogens is 780 g/mol. The molecule has 272 valence electrons. The Morgan fingerprint density at radius 2 is 1.08 bits per heavy atom. The van der Waals surface area contributed by atoms with Crippen LogP contribution < -0.4 is 16.1 Å². The van der Waals surface area contributed by atoms with Gasteiger partial charge in [-0.25, -0.2) is 24.9 Å². The highest BCUT2D eigenvalue weighted by molar-refractivity contribution is 9.10. The molecule has 0 saturated heterocycles. The van der Waals surface area contributed by atoms with Crippen LogP contribution in [0.2, 0.25) is 0 Å². The van der Waals surface area contributed by atoms with E-state index in [0.717, 1.165) is 25.1 Å². The molecule has 0 unspecified atom stereocenters. The van der Waals surface area contributed by atoms with Crippen molar-refractivity contribution in [2.45, 2.75) is 77.7 Å². The summed E-state index contributed by atoms with van der Waals surface area (Å²) < 4.78 is 12.1. The number of hydroxylamine groups is 3. The Morgan fingerprint density at radius 3 is 1.38 bits per heavy atom. The average molecular weight is 829 g/mol. The smallest absolute Gasteiger partial charge is 0.408 e. The van der Waals surface area contributed by atoms with Crippen molar-refractivity contribution in [1.82, 2.24) is 21.2 Å². The van der Waals surface area contributed by atoms with E-state index in [1.807, 2.05) is 36.4 Å². The Hall–Kier alpha value is -2.95. The van der Waals surface area contributed by atoms with E-state index in [1.165, 1.54) is 14.2 Å². The Balaban J connectivity index is 0. The fraction of sp³-hybridized carbons (Fsp3) is 0.500. The fourth-order valence-corrected chi connectivity index (χ4v) is 3.85. The molecule has 13 nitrogen and oxygen atoms in total. The van der Waals surface area contributed by atoms with Gasteiger partial charge in [0, 0.05) is 35.9 Å². The summed E-state index contributed by atoms with van der Waals surface area (Å²) in [4.78, 5) is 56.4. The van der Waals surface area contributed by atoms with Crippen molar-refractivity contribution in [2.24, 2.45) is 0 Å². The number of carboxylic acid groups (broad SMARTS) is 1. The van der Waals surface area contributed by atoms with E-state index in [9.17, 15) is 19.2 Å². The highest BCUT2D eigenvalue weighted by Crippen LogP contribution is 2.15. The molecule has 0 radical (unpaired) electrons. The number of carbonyl (C=O) groups is 4. The molecule has 0 saturated carbocycles. The number of amides is 3. The van der Waals surface area contributed by atoms with E-state index in [-0.39, 0.29) is 24.7 Å². The van der Waals surface area contributed by atoms with Gasteiger partial charge in [-0.2, -0.15) is 0 Å². The molecule has 0 aromatic heterocycles. The number of hydrogen-bond acceptors (Lipinski definition) is 9. The zero-order valence-electron chi connectivity index (χ0n) is 29.0. The van der Waals surface area contributed by atoms with Crippen molar-refractivity contribution in [3.63, 3.8) is 0 Å². The normalized spacial score (nSPS) is 11.8. The lowest BCUT2D eigenvalue weighted by Crippen LogP contribution is -2.49. The van der Waals surface area contributed by atoms with Crippen molar-refractivity contribution in [3.8, 4) is 0 Å². The third kappa shape index (κ3) is 22.6. The lowest BCUT2D eigenvalue weighted by atomic mass is 10.1. The van der Waals surface area contributed by atoms with Gasteiger partial charge in [-0.15, -0.1) is 12.4 Å². The number of carboxylic acids is 1. The van der Waals surface area contributed by atoms with E-state index in [4.69, 9.17) is 19.4 Å². The molecule has 2 rings (SSSR count). The van der Waals surface area contributed by atoms with Gasteiger partial charge in [0.25, 0.3) is 5.91 Å². The number of nitrogens with zero attached hydrogens (tertiary/aromatic N) is 1. The van der Waals surface area contributed by atoms with E-state index in [2.05, 4.69) is 52.8 Å². The van der Waals surface area contributed by atoms with Crippen LogP contribution in [0, 0.1) is 0 Å². The van der Waals surface area contributed by atoms with Gasteiger partial charge in [-0.05, 0) is 76.9 Å². The molecule has 4 N–H and O–H groups in total. The third-order valence-corrected chi connectivity index (χ3v) is 6.53. The molecule has 0 spiro atoms. The topological polar surface area (TPSA) is 165 Å². The van der Waals surface area contributed by atoms with Crippen molar-refractivity contribution in [2.75, 3.05) is 28.3 Å². The summed E-state index contributed by atoms with van der Waals surface area (Å²) in [5.74, 6) is -1.46. The summed E-state index contributed by atoms with van der Waals surface area (Å²) in [6.07, 6.45) is -0.847. The van der Waals surface area contributed by atoms with Crippen molar-refractivity contribution >= 4 is 68.3 Å². The first kappa shape index (κ1) is 47.2. The second kappa shape index (κ2) is 23.4. The van der Waals surface area contributed by atoms with E-state index >= 15 is 0 Å². The molecule has 2 aromatic carbocycles. The molecule has 3 amide bonds. The number of benzene rings is 2. The monoisotopic (exact) mass is 826 g/mol. The summed E-state index contributed by atoms with van der Waals surface area (Å²) in [6, 6.07) is 13.0. The summed E-state index contributed by atoms with van der Waals surface area (Å²) >= 11 is 6.67. The highest BCUT2D eigenvalue weighted by atomic mass is 79.9. The molecule has 2 aromatic rings. The van der Waals surface area contributed by atoms with Crippen LogP contribution in [0.3, 0.4) is 0 Å². The SMILES string of the molecule is CC(C)(C)OC(=O)N[C@H](Cc1ccc(Br)cc1)C(=O)O.CNOC.CON(C)C(=O)[C@@H](Cc1ccc(Br)cc1)NC(=O)OC(C)(C)C.Cl. The molecule has 0 bridgehead atoms. The molecule has 0 fully saturated rings. The maximum absolute atomic E-state index is 12.4. The maximum Gasteiger partial charge on any atom is 0.408 e. The van der Waals surface area contributed by atoms with Gasteiger partial charge in [-0.1, -0.05) is 56.1 Å². The largest absolute Gasteiger partial charge is 0.480 e. The predicted molar refractivity (Wildman–Crippen MR) is 193 cm³/mol. The Morgan fingerprint density at radius 1 is 0.750 bits per heavy atom. The maximum atomic E-state index is 12.4. The Kier molecular flexibility index (Phi) is 23.0. The lowest BCUT2D eigenvalue weighted by molar-refractivity contribution is -0.171. The summed E-state index contributed by atoms with van der Waals surface area (Å²) in [5, 5.41) is 15.2. The average Bonchev–Trinajstić information content (AvgIpc) is 2.96. The summed E-state index contributed by atoms with van der Waals surface area (Å²) in [5.41, 5.74) is 2.86. The molecule has 0 aliphatic carbocycles. The first-order valence-corrected chi connectivity index (χ1v) is 16.0. The minimum absolute atomic E-state index is 0. The van der Waals surface area contributed by atoms with Crippen LogP contribution in [0.1, 0.15) is 52.7 Å². The van der Waals surface area contributed by atoms with E-state index < -0.39 is 41.4 Å². The third-order valence-electron chi connectivity index (χ3n) is 5.47. The number of halogens is 3. The lowest BCUT2D eigenvalue weighted by Gasteiger charge is -2.25. The minimum Gasteiger partial charge on any atom is -0.480 e. The van der Waals surface area contributed by atoms with Gasteiger partial charge >= 0.3 is 18.2 Å². The van der Waals surface area contributed by atoms with Gasteiger partial charge in [0.2, 0.25) is 0 Å². The molecule has 0 aliphatic heterocycles. The van der Waals surface area contributed by atoms with Crippen LogP contribution >= 0.6 is 44.3 Å². The van der Waals surface area contributed by atoms with E-state index in [0.29, 0.717) is 6.42 Å². The number of aliphatic carboxylic acids is 1. The quantitative estimate of drug-likeness (QED) is 0.207. The standard InChI is InChI=1S/C16H23BrN2O4.C14H18BrNO4.C2H7NO.ClH/c1-16(2,3)23-15(21)18-13(14(20)19(4)22-5)10-11-6-8-12(17)9-7-11;1-14(2,3)20-13(19)16-11(12(17)18)8-9-4-6-10(15)7-5-9;1-3-4-2;/h6-9,13H,10H2,1-5H3,(H,18,21);4-7,11H,8H2,1-3H3,(H,16,19)(H,17,18);3H,1-2H3;1H/t13-;11-;;/m11../s1. The van der Waals surface area contributed by atoms with Crippen LogP contribution in [0.15, 0.2) is 57.5 Å². The van der Waals surface area contributed by atoms with Crippen LogP contribution in [-0.4, -0.2) is 85.8 Å². The van der Waals surface area contributed by atoms with Gasteiger partial charge in [-0.3, -0.25) is 9.63 Å². The van der Waals surface area contributed by atoms with Crippen LogP contribution in [0.4, 0.5) is 9.59 Å². The summed E-state index contributed by atoms with van der Waals surface area (Å²) in [6.45, 7) is 10.4. The van der Waals surface area contributed by atoms with Crippen molar-refractivity contribution in [3.05, 3.63) is 68.6 Å². The number of likely N-dealkylation sites (N-methyl/N-ethyl adjacent to an activating group) is 1. The number of ether oxygens (including phenoxy) is 2. The molecule has 0 aliphatic rings. The molecule has 16 heteroatoms. The first-order chi connectivity index (χ1) is 21.7. The zero-order valence-corrected chi connectivity index (χ0v) is 33.0. The molecule has 2 atom stereocenters.